The first-order chi connectivity index (χ1) is 16.0. The average Bonchev–Trinajstić information content (AvgIpc) is 2.80. The summed E-state index contributed by atoms with van der Waals surface area (Å²) in [5.41, 5.74) is 2.23. The first-order valence-electron chi connectivity index (χ1n) is 11.4. The van der Waals surface area contributed by atoms with E-state index >= 15 is 0 Å². The van der Waals surface area contributed by atoms with Gasteiger partial charge in [-0.3, -0.25) is 13.9 Å². The number of carbonyl (C=O) groups is 2. The van der Waals surface area contributed by atoms with Gasteiger partial charge in [-0.05, 0) is 62.1 Å². The topological polar surface area (TPSA) is 86.8 Å². The SMILES string of the molecule is CCc1ccc(N(CC(=O)N(Cc2ccc(Cl)cc2)C(C)C(=O)NC(C)CC)S(C)(=O)=O)cc1. The van der Waals surface area contributed by atoms with Gasteiger partial charge in [0, 0.05) is 17.6 Å². The number of hydrogen-bond donors (Lipinski definition) is 1. The van der Waals surface area contributed by atoms with Gasteiger partial charge in [-0.15, -0.1) is 0 Å². The summed E-state index contributed by atoms with van der Waals surface area (Å²) in [6, 6.07) is 13.2. The van der Waals surface area contributed by atoms with Crippen molar-refractivity contribution in [2.75, 3.05) is 17.1 Å². The molecule has 34 heavy (non-hydrogen) atoms. The van der Waals surface area contributed by atoms with Crippen molar-refractivity contribution in [3.05, 3.63) is 64.7 Å². The molecule has 186 valence electrons. The van der Waals surface area contributed by atoms with Crippen molar-refractivity contribution in [2.45, 2.75) is 59.2 Å². The van der Waals surface area contributed by atoms with Gasteiger partial charge in [-0.25, -0.2) is 8.42 Å². The zero-order valence-corrected chi connectivity index (χ0v) is 22.0. The van der Waals surface area contributed by atoms with E-state index < -0.39 is 28.5 Å². The van der Waals surface area contributed by atoms with Crippen molar-refractivity contribution in [1.82, 2.24) is 10.2 Å². The van der Waals surface area contributed by atoms with Crippen LogP contribution >= 0.6 is 11.6 Å². The van der Waals surface area contributed by atoms with Crippen LogP contribution < -0.4 is 9.62 Å². The second-order valence-corrected chi connectivity index (χ2v) is 10.8. The van der Waals surface area contributed by atoms with Crippen molar-refractivity contribution in [3.63, 3.8) is 0 Å². The fraction of sp³-hybridized carbons (Fsp3) is 0.440. The summed E-state index contributed by atoms with van der Waals surface area (Å²) in [4.78, 5) is 27.8. The molecule has 2 atom stereocenters. The second-order valence-electron chi connectivity index (χ2n) is 8.43. The minimum absolute atomic E-state index is 0.0490. The minimum Gasteiger partial charge on any atom is -0.352 e. The van der Waals surface area contributed by atoms with Gasteiger partial charge < -0.3 is 10.2 Å². The van der Waals surface area contributed by atoms with E-state index in [1.54, 1.807) is 43.3 Å². The molecule has 2 aromatic rings. The molecule has 0 radical (unpaired) electrons. The van der Waals surface area contributed by atoms with E-state index in [2.05, 4.69) is 5.32 Å². The van der Waals surface area contributed by atoms with Crippen LogP contribution in [0.15, 0.2) is 48.5 Å². The predicted molar refractivity (Wildman–Crippen MR) is 137 cm³/mol. The normalized spacial score (nSPS) is 13.1. The van der Waals surface area contributed by atoms with E-state index in [0.717, 1.165) is 34.5 Å². The summed E-state index contributed by atoms with van der Waals surface area (Å²) < 4.78 is 26.3. The molecule has 0 fully saturated rings. The number of benzene rings is 2. The standard InChI is InChI=1S/C25H34ClN3O4S/c1-6-18(3)27-25(31)19(4)28(16-21-8-12-22(26)13-9-21)24(30)17-29(34(5,32)33)23-14-10-20(7-2)11-15-23/h8-15,18-19H,6-7,16-17H2,1-5H3,(H,27,31). The third-order valence-electron chi connectivity index (χ3n) is 5.75. The molecule has 2 aromatic carbocycles. The van der Waals surface area contributed by atoms with Gasteiger partial charge in [0.25, 0.3) is 0 Å². The molecule has 1 N–H and O–H groups in total. The molecule has 0 aliphatic carbocycles. The van der Waals surface area contributed by atoms with Crippen LogP contribution in [0.2, 0.25) is 5.02 Å². The van der Waals surface area contributed by atoms with E-state index in [-0.39, 0.29) is 18.5 Å². The lowest BCUT2D eigenvalue weighted by atomic mass is 10.1. The van der Waals surface area contributed by atoms with Crippen LogP contribution in [0.1, 0.15) is 45.2 Å². The molecule has 0 aliphatic rings. The van der Waals surface area contributed by atoms with Crippen molar-refractivity contribution in [3.8, 4) is 0 Å². The van der Waals surface area contributed by atoms with Crippen LogP contribution in [0.25, 0.3) is 0 Å². The second kappa shape index (κ2) is 12.2. The lowest BCUT2D eigenvalue weighted by molar-refractivity contribution is -0.139. The number of amides is 2. The maximum absolute atomic E-state index is 13.5. The highest BCUT2D eigenvalue weighted by molar-refractivity contribution is 7.92. The Morgan fingerprint density at radius 1 is 0.971 bits per heavy atom. The molecule has 2 unspecified atom stereocenters. The summed E-state index contributed by atoms with van der Waals surface area (Å²) in [7, 11) is -3.75. The lowest BCUT2D eigenvalue weighted by Crippen LogP contribution is -2.52. The Balaban J connectivity index is 2.36. The number of rotatable bonds is 11. The molecule has 0 bridgehead atoms. The van der Waals surface area contributed by atoms with Gasteiger partial charge in [0.05, 0.1) is 11.9 Å². The highest BCUT2D eigenvalue weighted by Gasteiger charge is 2.30. The number of sulfonamides is 1. The Hall–Kier alpha value is -2.58. The summed E-state index contributed by atoms with van der Waals surface area (Å²) in [5, 5.41) is 3.46. The van der Waals surface area contributed by atoms with Gasteiger partial charge in [-0.1, -0.05) is 49.7 Å². The van der Waals surface area contributed by atoms with Gasteiger partial charge >= 0.3 is 0 Å². The quantitative estimate of drug-likeness (QED) is 0.498. The minimum atomic E-state index is -3.75. The third-order valence-corrected chi connectivity index (χ3v) is 7.14. The van der Waals surface area contributed by atoms with Crippen LogP contribution in [0.3, 0.4) is 0 Å². The Kier molecular flexibility index (Phi) is 9.94. The largest absolute Gasteiger partial charge is 0.352 e. The Morgan fingerprint density at radius 2 is 1.53 bits per heavy atom. The number of nitrogens with zero attached hydrogens (tertiary/aromatic N) is 2. The van der Waals surface area contributed by atoms with Crippen molar-refractivity contribution in [1.29, 1.82) is 0 Å². The summed E-state index contributed by atoms with van der Waals surface area (Å²) in [5.74, 6) is -0.776. The molecule has 0 aliphatic heterocycles. The number of carbonyl (C=O) groups excluding carboxylic acids is 2. The van der Waals surface area contributed by atoms with E-state index in [0.29, 0.717) is 10.7 Å². The maximum Gasteiger partial charge on any atom is 0.244 e. The van der Waals surface area contributed by atoms with E-state index in [1.165, 1.54) is 4.90 Å². The number of aryl methyl sites for hydroxylation is 1. The van der Waals surface area contributed by atoms with Crippen molar-refractivity contribution < 1.29 is 18.0 Å². The molecule has 0 saturated heterocycles. The van der Waals surface area contributed by atoms with Crippen molar-refractivity contribution in [2.24, 2.45) is 0 Å². The van der Waals surface area contributed by atoms with Crippen LogP contribution in [-0.2, 0) is 32.6 Å². The zero-order chi connectivity index (χ0) is 25.5. The van der Waals surface area contributed by atoms with Crippen LogP contribution in [-0.4, -0.2) is 50.0 Å². The molecule has 0 heterocycles. The highest BCUT2D eigenvalue weighted by Crippen LogP contribution is 2.20. The van der Waals surface area contributed by atoms with Crippen LogP contribution in [0.4, 0.5) is 5.69 Å². The summed E-state index contributed by atoms with van der Waals surface area (Å²) in [6.45, 7) is 7.22. The number of anilines is 1. The van der Waals surface area contributed by atoms with Gasteiger partial charge in [0.2, 0.25) is 21.8 Å². The molecule has 9 heteroatoms. The monoisotopic (exact) mass is 507 g/mol. The number of hydrogen-bond acceptors (Lipinski definition) is 4. The number of nitrogens with one attached hydrogen (secondary N) is 1. The molecule has 2 amide bonds. The molecule has 7 nitrogen and oxygen atoms in total. The first-order valence-corrected chi connectivity index (χ1v) is 13.6. The molecular formula is C25H34ClN3O4S. The maximum atomic E-state index is 13.5. The summed E-state index contributed by atoms with van der Waals surface area (Å²) >= 11 is 5.99. The smallest absolute Gasteiger partial charge is 0.244 e. The van der Waals surface area contributed by atoms with Crippen molar-refractivity contribution >= 4 is 39.1 Å². The van der Waals surface area contributed by atoms with Crippen LogP contribution in [0, 0.1) is 0 Å². The zero-order valence-electron chi connectivity index (χ0n) is 20.4. The van der Waals surface area contributed by atoms with E-state index in [4.69, 9.17) is 11.6 Å². The Labute approximate surface area is 208 Å². The Morgan fingerprint density at radius 3 is 2.03 bits per heavy atom. The van der Waals surface area contributed by atoms with Gasteiger partial charge in [0.15, 0.2) is 0 Å². The molecule has 0 aromatic heterocycles. The lowest BCUT2D eigenvalue weighted by Gasteiger charge is -2.32. The molecule has 0 saturated carbocycles. The van der Waals surface area contributed by atoms with Gasteiger partial charge in [-0.2, -0.15) is 0 Å². The molecule has 2 rings (SSSR count). The fourth-order valence-corrected chi connectivity index (χ4v) is 4.32. The Bertz CT molecular complexity index is 1070. The third kappa shape index (κ3) is 7.74. The number of halogens is 1. The van der Waals surface area contributed by atoms with Gasteiger partial charge in [0.1, 0.15) is 12.6 Å². The highest BCUT2D eigenvalue weighted by atomic mass is 35.5. The molecule has 0 spiro atoms. The van der Waals surface area contributed by atoms with Crippen LogP contribution in [0.5, 0.6) is 0 Å². The first kappa shape index (κ1) is 27.7. The average molecular weight is 508 g/mol. The fourth-order valence-electron chi connectivity index (χ4n) is 3.35. The van der Waals surface area contributed by atoms with E-state index in [9.17, 15) is 18.0 Å². The van der Waals surface area contributed by atoms with E-state index in [1.807, 2.05) is 32.9 Å². The molecular weight excluding hydrogens is 474 g/mol. The summed E-state index contributed by atoms with van der Waals surface area (Å²) in [6.07, 6.45) is 2.63. The predicted octanol–water partition coefficient (Wildman–Crippen LogP) is 4.00.